The lowest BCUT2D eigenvalue weighted by Gasteiger charge is -2.38. The molecular weight excluding hydrogens is 384 g/mol. The molecule has 1 N–H and O–H groups in total. The van der Waals surface area contributed by atoms with Gasteiger partial charge in [-0.15, -0.1) is 0 Å². The highest BCUT2D eigenvalue weighted by molar-refractivity contribution is 5.14. The van der Waals surface area contributed by atoms with Crippen molar-refractivity contribution in [3.05, 3.63) is 35.9 Å². The molecule has 1 saturated heterocycles. The van der Waals surface area contributed by atoms with Gasteiger partial charge < -0.3 is 14.8 Å². The number of ether oxygens (including phenoxy) is 2. The van der Waals surface area contributed by atoms with Crippen LogP contribution in [0.25, 0.3) is 0 Å². The predicted octanol–water partition coefficient (Wildman–Crippen LogP) is 4.98. The summed E-state index contributed by atoms with van der Waals surface area (Å²) in [7, 11) is 0. The number of nitrogens with zero attached hydrogens (tertiary/aromatic N) is 1. The fraction of sp³-hybridized carbons (Fsp3) is 0.778. The van der Waals surface area contributed by atoms with Crippen molar-refractivity contribution in [3.8, 4) is 0 Å². The van der Waals surface area contributed by atoms with E-state index >= 15 is 0 Å². The zero-order chi connectivity index (χ0) is 22.2. The largest absolute Gasteiger partial charge is 0.379 e. The molecule has 1 aromatic carbocycles. The maximum Gasteiger partial charge on any atom is 0.0678 e. The van der Waals surface area contributed by atoms with Crippen molar-refractivity contribution in [2.75, 3.05) is 32.8 Å². The average Bonchev–Trinajstić information content (AvgIpc) is 2.73. The Bertz CT molecular complexity index is 613. The van der Waals surface area contributed by atoms with E-state index in [4.69, 9.17) is 9.47 Å². The first-order valence-corrected chi connectivity index (χ1v) is 12.6. The lowest BCUT2D eigenvalue weighted by atomic mass is 9.71. The first-order chi connectivity index (χ1) is 14.9. The highest BCUT2D eigenvalue weighted by Crippen LogP contribution is 2.37. The van der Waals surface area contributed by atoms with Gasteiger partial charge in [0.05, 0.1) is 18.8 Å². The van der Waals surface area contributed by atoms with Crippen LogP contribution in [0, 0.1) is 23.7 Å². The highest BCUT2D eigenvalue weighted by Gasteiger charge is 2.30. The van der Waals surface area contributed by atoms with Crippen molar-refractivity contribution >= 4 is 0 Å². The van der Waals surface area contributed by atoms with Crippen LogP contribution < -0.4 is 5.32 Å². The molecule has 1 heterocycles. The summed E-state index contributed by atoms with van der Waals surface area (Å²) < 4.78 is 12.3. The fourth-order valence-electron chi connectivity index (χ4n) is 5.43. The van der Waals surface area contributed by atoms with E-state index in [9.17, 15) is 0 Å². The quantitative estimate of drug-likeness (QED) is 0.568. The molecule has 0 radical (unpaired) electrons. The molecule has 0 aromatic heterocycles. The second-order valence-corrected chi connectivity index (χ2v) is 10.6. The van der Waals surface area contributed by atoms with Gasteiger partial charge in [0, 0.05) is 38.8 Å². The van der Waals surface area contributed by atoms with Crippen molar-refractivity contribution in [3.63, 3.8) is 0 Å². The van der Waals surface area contributed by atoms with E-state index in [2.05, 4.69) is 75.2 Å². The molecule has 31 heavy (non-hydrogen) atoms. The van der Waals surface area contributed by atoms with Crippen LogP contribution in [0.15, 0.2) is 30.3 Å². The molecule has 4 nitrogen and oxygen atoms in total. The van der Waals surface area contributed by atoms with Crippen LogP contribution in [0.3, 0.4) is 0 Å². The number of benzene rings is 1. The zero-order valence-corrected chi connectivity index (χ0v) is 20.6. The van der Waals surface area contributed by atoms with E-state index in [0.717, 1.165) is 57.1 Å². The van der Waals surface area contributed by atoms with E-state index in [1.54, 1.807) is 0 Å². The van der Waals surface area contributed by atoms with Crippen LogP contribution in [-0.4, -0.2) is 56.0 Å². The van der Waals surface area contributed by atoms with Crippen LogP contribution in [0.1, 0.15) is 59.4 Å². The van der Waals surface area contributed by atoms with Gasteiger partial charge in [-0.3, -0.25) is 4.90 Å². The summed E-state index contributed by atoms with van der Waals surface area (Å²) in [6.45, 7) is 17.1. The van der Waals surface area contributed by atoms with Gasteiger partial charge in [-0.25, -0.2) is 0 Å². The van der Waals surface area contributed by atoms with Crippen LogP contribution in [0.5, 0.6) is 0 Å². The minimum atomic E-state index is 0.301. The van der Waals surface area contributed by atoms with E-state index in [1.165, 1.54) is 24.8 Å². The maximum absolute atomic E-state index is 6.40. The standard InChI is InChI=1S/C27H46N2O2/c1-20(2)25-12-11-21(3)26(13-25)18-30-19-27(28-14-24-9-7-6-8-10-24)17-29-15-22(4)31-23(5)16-29/h6-10,20-23,25-28H,11-19H2,1-5H3. The van der Waals surface area contributed by atoms with Crippen molar-refractivity contribution in [1.29, 1.82) is 0 Å². The van der Waals surface area contributed by atoms with E-state index in [1.807, 2.05) is 0 Å². The Morgan fingerprint density at radius 1 is 1.06 bits per heavy atom. The summed E-state index contributed by atoms with van der Waals surface area (Å²) in [5.41, 5.74) is 1.33. The summed E-state index contributed by atoms with van der Waals surface area (Å²) in [4.78, 5) is 2.54. The first kappa shape index (κ1) is 24.7. The number of morpholine rings is 1. The van der Waals surface area contributed by atoms with Gasteiger partial charge >= 0.3 is 0 Å². The molecule has 1 saturated carbocycles. The van der Waals surface area contributed by atoms with Crippen LogP contribution >= 0.6 is 0 Å². The highest BCUT2D eigenvalue weighted by atomic mass is 16.5. The Morgan fingerprint density at radius 3 is 2.45 bits per heavy atom. The molecule has 2 fully saturated rings. The first-order valence-electron chi connectivity index (χ1n) is 12.6. The van der Waals surface area contributed by atoms with E-state index in [-0.39, 0.29) is 0 Å². The topological polar surface area (TPSA) is 33.7 Å². The number of hydrogen-bond acceptors (Lipinski definition) is 4. The molecule has 0 spiro atoms. The molecule has 6 atom stereocenters. The molecule has 4 heteroatoms. The second-order valence-electron chi connectivity index (χ2n) is 10.6. The molecule has 6 unspecified atom stereocenters. The maximum atomic E-state index is 6.40. The zero-order valence-electron chi connectivity index (χ0n) is 20.6. The van der Waals surface area contributed by atoms with Gasteiger partial charge in [-0.05, 0) is 55.9 Å². The summed E-state index contributed by atoms with van der Waals surface area (Å²) in [5.74, 6) is 3.15. The van der Waals surface area contributed by atoms with Crippen molar-refractivity contribution in [2.45, 2.75) is 78.7 Å². The third-order valence-electron chi connectivity index (χ3n) is 7.41. The van der Waals surface area contributed by atoms with Gasteiger partial charge in [0.2, 0.25) is 0 Å². The second kappa shape index (κ2) is 12.3. The van der Waals surface area contributed by atoms with Crippen molar-refractivity contribution in [1.82, 2.24) is 10.2 Å². The molecule has 1 aromatic rings. The molecule has 0 bridgehead atoms. The third kappa shape index (κ3) is 8.16. The summed E-state index contributed by atoms with van der Waals surface area (Å²) >= 11 is 0. The summed E-state index contributed by atoms with van der Waals surface area (Å²) in [6, 6.07) is 11.0. The van der Waals surface area contributed by atoms with Gasteiger partial charge in [-0.1, -0.05) is 57.5 Å². The summed E-state index contributed by atoms with van der Waals surface area (Å²) in [5, 5.41) is 3.78. The smallest absolute Gasteiger partial charge is 0.0678 e. The average molecular weight is 431 g/mol. The predicted molar refractivity (Wildman–Crippen MR) is 129 cm³/mol. The van der Waals surface area contributed by atoms with Gasteiger partial charge in [0.15, 0.2) is 0 Å². The number of hydrogen-bond donors (Lipinski definition) is 1. The van der Waals surface area contributed by atoms with Gasteiger partial charge in [0.25, 0.3) is 0 Å². The number of rotatable bonds is 10. The van der Waals surface area contributed by atoms with Gasteiger partial charge in [0.1, 0.15) is 0 Å². The normalized spacial score (nSPS) is 31.1. The minimum absolute atomic E-state index is 0.301. The number of nitrogens with one attached hydrogen (secondary N) is 1. The van der Waals surface area contributed by atoms with Crippen LogP contribution in [-0.2, 0) is 16.0 Å². The molecule has 176 valence electrons. The Hall–Kier alpha value is -0.940. The van der Waals surface area contributed by atoms with Gasteiger partial charge in [-0.2, -0.15) is 0 Å². The van der Waals surface area contributed by atoms with Crippen LogP contribution in [0.4, 0.5) is 0 Å². The minimum Gasteiger partial charge on any atom is -0.379 e. The van der Waals surface area contributed by atoms with Crippen molar-refractivity contribution < 1.29 is 9.47 Å². The molecule has 0 amide bonds. The van der Waals surface area contributed by atoms with E-state index in [0.29, 0.717) is 24.2 Å². The van der Waals surface area contributed by atoms with E-state index < -0.39 is 0 Å². The monoisotopic (exact) mass is 430 g/mol. The lowest BCUT2D eigenvalue weighted by molar-refractivity contribution is -0.0726. The SMILES string of the molecule is CC1CN(CC(COCC2CC(C(C)C)CCC2C)NCc2ccccc2)CC(C)O1. The Labute approximate surface area is 191 Å². The third-order valence-corrected chi connectivity index (χ3v) is 7.41. The Kier molecular flexibility index (Phi) is 9.83. The molecule has 1 aliphatic heterocycles. The Morgan fingerprint density at radius 2 is 1.77 bits per heavy atom. The lowest BCUT2D eigenvalue weighted by Crippen LogP contribution is -2.51. The molecule has 1 aliphatic carbocycles. The molecule has 3 rings (SSSR count). The Balaban J connectivity index is 1.52. The molecule has 2 aliphatic rings. The molecular formula is C27H46N2O2. The van der Waals surface area contributed by atoms with Crippen molar-refractivity contribution in [2.24, 2.45) is 23.7 Å². The van der Waals surface area contributed by atoms with Crippen LogP contribution in [0.2, 0.25) is 0 Å². The fourth-order valence-corrected chi connectivity index (χ4v) is 5.43. The summed E-state index contributed by atoms with van der Waals surface area (Å²) in [6.07, 6.45) is 4.69.